The second-order valence-corrected chi connectivity index (χ2v) is 8.67. The number of anilines is 1. The average Bonchev–Trinajstić information content (AvgIpc) is 3.23. The van der Waals surface area contributed by atoms with Crippen LogP contribution >= 0.6 is 11.8 Å². The lowest BCUT2D eigenvalue weighted by atomic mass is 10.1. The lowest BCUT2D eigenvalue weighted by Gasteiger charge is -2.12. The smallest absolute Gasteiger partial charge is 0.234 e. The molecule has 4 aromatic rings. The highest BCUT2D eigenvalue weighted by atomic mass is 32.2. The molecule has 0 radical (unpaired) electrons. The van der Waals surface area contributed by atoms with Gasteiger partial charge in [0, 0.05) is 17.8 Å². The van der Waals surface area contributed by atoms with E-state index in [9.17, 15) is 4.79 Å². The van der Waals surface area contributed by atoms with Crippen LogP contribution < -0.4 is 10.1 Å². The summed E-state index contributed by atoms with van der Waals surface area (Å²) in [5, 5.41) is 12.5. The monoisotopic (exact) mass is 458 g/mol. The zero-order valence-electron chi connectivity index (χ0n) is 18.9. The van der Waals surface area contributed by atoms with E-state index in [0.29, 0.717) is 11.6 Å². The zero-order chi connectivity index (χ0) is 23.2. The van der Waals surface area contributed by atoms with Crippen molar-refractivity contribution in [2.75, 3.05) is 18.2 Å². The first kappa shape index (κ1) is 22.6. The Morgan fingerprint density at radius 1 is 0.970 bits per heavy atom. The second kappa shape index (κ2) is 10.4. The molecule has 0 fully saturated rings. The fraction of sp³-hybridized carbons (Fsp3) is 0.192. The first-order chi connectivity index (χ1) is 16.0. The minimum absolute atomic E-state index is 0.107. The van der Waals surface area contributed by atoms with E-state index in [0.717, 1.165) is 28.5 Å². The summed E-state index contributed by atoms with van der Waals surface area (Å²) < 4.78 is 7.21. The molecule has 1 aromatic heterocycles. The molecule has 4 rings (SSSR count). The van der Waals surface area contributed by atoms with Crippen LogP contribution in [0.4, 0.5) is 5.69 Å². The molecule has 33 heavy (non-hydrogen) atoms. The van der Waals surface area contributed by atoms with Crippen LogP contribution in [0, 0.1) is 13.8 Å². The highest BCUT2D eigenvalue weighted by Gasteiger charge is 2.17. The number of nitrogens with zero attached hydrogens (tertiary/aromatic N) is 3. The van der Waals surface area contributed by atoms with Crippen molar-refractivity contribution < 1.29 is 9.53 Å². The highest BCUT2D eigenvalue weighted by molar-refractivity contribution is 7.99. The zero-order valence-corrected chi connectivity index (χ0v) is 19.7. The second-order valence-electron chi connectivity index (χ2n) is 7.73. The maximum Gasteiger partial charge on any atom is 0.234 e. The van der Waals surface area contributed by atoms with Gasteiger partial charge in [-0.3, -0.25) is 9.36 Å². The topological polar surface area (TPSA) is 69.0 Å². The molecule has 7 heteroatoms. The van der Waals surface area contributed by atoms with Gasteiger partial charge in [0.1, 0.15) is 11.6 Å². The molecule has 3 aromatic carbocycles. The molecule has 0 saturated carbocycles. The normalized spacial score (nSPS) is 10.8. The van der Waals surface area contributed by atoms with Crippen LogP contribution in [0.3, 0.4) is 0 Å². The Morgan fingerprint density at radius 2 is 1.73 bits per heavy atom. The molecule has 0 unspecified atom stereocenters. The molecule has 0 spiro atoms. The van der Waals surface area contributed by atoms with Gasteiger partial charge in [0.15, 0.2) is 5.16 Å². The summed E-state index contributed by atoms with van der Waals surface area (Å²) in [5.74, 6) is 1.70. The van der Waals surface area contributed by atoms with E-state index in [1.54, 1.807) is 7.11 Å². The molecule has 0 saturated heterocycles. The molecule has 0 aliphatic carbocycles. The van der Waals surface area contributed by atoms with Crippen LogP contribution in [-0.2, 0) is 11.2 Å². The van der Waals surface area contributed by atoms with Crippen LogP contribution in [0.2, 0.25) is 0 Å². The molecule has 1 N–H and O–H groups in total. The number of aryl methyl sites for hydroxylation is 2. The number of aromatic nitrogens is 3. The van der Waals surface area contributed by atoms with Gasteiger partial charge >= 0.3 is 0 Å². The average molecular weight is 459 g/mol. The van der Waals surface area contributed by atoms with Gasteiger partial charge in [-0.2, -0.15) is 0 Å². The Bertz CT molecular complexity index is 1240. The number of ether oxygens (including phenoxy) is 1. The molecule has 1 heterocycles. The van der Waals surface area contributed by atoms with Crippen molar-refractivity contribution >= 4 is 23.4 Å². The van der Waals surface area contributed by atoms with Crippen molar-refractivity contribution in [3.8, 4) is 11.4 Å². The number of carbonyl (C=O) groups excluding carboxylic acids is 1. The van der Waals surface area contributed by atoms with Crippen LogP contribution in [-0.4, -0.2) is 33.5 Å². The first-order valence-electron chi connectivity index (χ1n) is 10.7. The Labute approximate surface area is 198 Å². The number of hydrogen-bond donors (Lipinski definition) is 1. The van der Waals surface area contributed by atoms with Gasteiger partial charge < -0.3 is 10.1 Å². The molecule has 1 amide bonds. The van der Waals surface area contributed by atoms with Crippen molar-refractivity contribution in [2.45, 2.75) is 25.4 Å². The van der Waals surface area contributed by atoms with Crippen LogP contribution in [0.5, 0.6) is 5.75 Å². The van der Waals surface area contributed by atoms with E-state index in [-0.39, 0.29) is 11.7 Å². The summed E-state index contributed by atoms with van der Waals surface area (Å²) in [6, 6.07) is 23.8. The Morgan fingerprint density at radius 3 is 2.42 bits per heavy atom. The molecule has 0 bridgehead atoms. The Kier molecular flexibility index (Phi) is 7.10. The molecular weight excluding hydrogens is 432 g/mol. The lowest BCUT2D eigenvalue weighted by Crippen LogP contribution is -2.14. The number of carbonyl (C=O) groups is 1. The van der Waals surface area contributed by atoms with E-state index < -0.39 is 0 Å². The minimum atomic E-state index is -0.107. The standard InChI is InChI=1S/C26H26N4O2S/c1-18-9-12-22(15-19(18)2)30-24(16-20-7-5-4-6-8-20)28-29-26(30)33-17-25(31)27-21-10-13-23(32-3)14-11-21/h4-15H,16-17H2,1-3H3,(H,27,31). The number of benzene rings is 3. The van der Waals surface area contributed by atoms with E-state index in [1.807, 2.05) is 47.0 Å². The molecule has 0 aliphatic rings. The third-order valence-corrected chi connectivity index (χ3v) is 6.29. The van der Waals surface area contributed by atoms with Crippen LogP contribution in [0.15, 0.2) is 78.0 Å². The molecular formula is C26H26N4O2S. The summed E-state index contributed by atoms with van der Waals surface area (Å²) in [4.78, 5) is 12.6. The van der Waals surface area contributed by atoms with Gasteiger partial charge in [-0.05, 0) is 66.9 Å². The minimum Gasteiger partial charge on any atom is -0.497 e. The van der Waals surface area contributed by atoms with Gasteiger partial charge in [0.05, 0.1) is 12.9 Å². The van der Waals surface area contributed by atoms with E-state index in [4.69, 9.17) is 4.74 Å². The Balaban J connectivity index is 1.55. The predicted octanol–water partition coefficient (Wildman–Crippen LogP) is 5.21. The lowest BCUT2D eigenvalue weighted by molar-refractivity contribution is -0.113. The van der Waals surface area contributed by atoms with Crippen LogP contribution in [0.1, 0.15) is 22.5 Å². The maximum atomic E-state index is 12.6. The number of rotatable bonds is 8. The quantitative estimate of drug-likeness (QED) is 0.367. The van der Waals surface area contributed by atoms with Gasteiger partial charge in [-0.25, -0.2) is 0 Å². The number of thioether (sulfide) groups is 1. The number of nitrogens with one attached hydrogen (secondary N) is 1. The van der Waals surface area contributed by atoms with Gasteiger partial charge in [-0.1, -0.05) is 48.2 Å². The van der Waals surface area contributed by atoms with Crippen molar-refractivity contribution in [1.82, 2.24) is 14.8 Å². The van der Waals surface area contributed by atoms with Gasteiger partial charge in [0.25, 0.3) is 0 Å². The summed E-state index contributed by atoms with van der Waals surface area (Å²) >= 11 is 1.37. The van der Waals surface area contributed by atoms with Gasteiger partial charge in [0.2, 0.25) is 5.91 Å². The van der Waals surface area contributed by atoms with Crippen molar-refractivity contribution in [2.24, 2.45) is 0 Å². The molecule has 0 atom stereocenters. The Hall–Kier alpha value is -3.58. The SMILES string of the molecule is COc1ccc(NC(=O)CSc2nnc(Cc3ccccc3)n2-c2ccc(C)c(C)c2)cc1. The molecule has 168 valence electrons. The first-order valence-corrected chi connectivity index (χ1v) is 11.6. The number of methoxy groups -OCH3 is 1. The molecule has 6 nitrogen and oxygen atoms in total. The van der Waals surface area contributed by atoms with E-state index in [2.05, 4.69) is 59.7 Å². The number of amides is 1. The van der Waals surface area contributed by atoms with E-state index in [1.165, 1.54) is 22.9 Å². The predicted molar refractivity (Wildman–Crippen MR) is 132 cm³/mol. The fourth-order valence-electron chi connectivity index (χ4n) is 3.41. The largest absolute Gasteiger partial charge is 0.497 e. The maximum absolute atomic E-state index is 12.6. The third-order valence-electron chi connectivity index (χ3n) is 5.36. The summed E-state index contributed by atoms with van der Waals surface area (Å²) in [5.41, 5.74) is 5.29. The van der Waals surface area contributed by atoms with Crippen molar-refractivity contribution in [1.29, 1.82) is 0 Å². The number of hydrogen-bond acceptors (Lipinski definition) is 5. The van der Waals surface area contributed by atoms with Crippen LogP contribution in [0.25, 0.3) is 5.69 Å². The highest BCUT2D eigenvalue weighted by Crippen LogP contribution is 2.25. The summed E-state index contributed by atoms with van der Waals surface area (Å²) in [7, 11) is 1.61. The van der Waals surface area contributed by atoms with E-state index >= 15 is 0 Å². The summed E-state index contributed by atoms with van der Waals surface area (Å²) in [6.45, 7) is 4.19. The fourth-order valence-corrected chi connectivity index (χ4v) is 4.18. The third kappa shape index (κ3) is 5.62. The molecule has 0 aliphatic heterocycles. The van der Waals surface area contributed by atoms with Crippen molar-refractivity contribution in [3.63, 3.8) is 0 Å². The summed E-state index contributed by atoms with van der Waals surface area (Å²) in [6.07, 6.45) is 0.652. The van der Waals surface area contributed by atoms with Crippen molar-refractivity contribution in [3.05, 3.63) is 95.3 Å². The van der Waals surface area contributed by atoms with Gasteiger partial charge in [-0.15, -0.1) is 10.2 Å².